The Kier molecular flexibility index (Phi) is 5.26. The summed E-state index contributed by atoms with van der Waals surface area (Å²) in [6.07, 6.45) is 0. The van der Waals surface area contributed by atoms with E-state index < -0.39 is 0 Å². The SMILES string of the molecule is CC(C)SCC(=O)OCc1ccccc1. The fourth-order valence-corrected chi connectivity index (χ4v) is 1.57. The van der Waals surface area contributed by atoms with Crippen molar-refractivity contribution in [3.8, 4) is 0 Å². The summed E-state index contributed by atoms with van der Waals surface area (Å²) in [6.45, 7) is 4.50. The first kappa shape index (κ1) is 12.1. The maximum absolute atomic E-state index is 11.3. The molecule has 0 spiro atoms. The number of carbonyl (C=O) groups excluding carboxylic acids is 1. The van der Waals surface area contributed by atoms with E-state index in [0.29, 0.717) is 17.6 Å². The highest BCUT2D eigenvalue weighted by molar-refractivity contribution is 8.00. The monoisotopic (exact) mass is 224 g/mol. The third-order valence-electron chi connectivity index (χ3n) is 1.78. The maximum atomic E-state index is 11.3. The van der Waals surface area contributed by atoms with Gasteiger partial charge in [0.25, 0.3) is 0 Å². The molecule has 0 N–H and O–H groups in total. The molecule has 0 amide bonds. The molecule has 0 radical (unpaired) electrons. The fourth-order valence-electron chi connectivity index (χ4n) is 1.01. The van der Waals surface area contributed by atoms with Crippen molar-refractivity contribution in [2.75, 3.05) is 5.75 Å². The largest absolute Gasteiger partial charge is 0.460 e. The molecule has 3 heteroatoms. The molecule has 0 heterocycles. The van der Waals surface area contributed by atoms with E-state index in [2.05, 4.69) is 13.8 Å². The fraction of sp³-hybridized carbons (Fsp3) is 0.417. The van der Waals surface area contributed by atoms with Crippen LogP contribution in [-0.4, -0.2) is 17.0 Å². The molecular formula is C12H16O2S. The van der Waals surface area contributed by atoms with E-state index >= 15 is 0 Å². The van der Waals surface area contributed by atoms with Crippen molar-refractivity contribution in [2.24, 2.45) is 0 Å². The molecule has 1 aromatic rings. The summed E-state index contributed by atoms with van der Waals surface area (Å²) in [5, 5.41) is 0.467. The molecule has 0 saturated carbocycles. The first-order chi connectivity index (χ1) is 7.18. The predicted molar refractivity (Wildman–Crippen MR) is 63.8 cm³/mol. The average molecular weight is 224 g/mol. The van der Waals surface area contributed by atoms with Gasteiger partial charge in [-0.1, -0.05) is 44.2 Å². The van der Waals surface area contributed by atoms with Crippen LogP contribution < -0.4 is 0 Å². The van der Waals surface area contributed by atoms with Gasteiger partial charge in [-0.05, 0) is 10.8 Å². The summed E-state index contributed by atoms with van der Waals surface area (Å²) < 4.78 is 5.12. The van der Waals surface area contributed by atoms with Crippen LogP contribution in [0.2, 0.25) is 0 Å². The molecule has 0 unspecified atom stereocenters. The van der Waals surface area contributed by atoms with E-state index in [1.165, 1.54) is 0 Å². The van der Waals surface area contributed by atoms with E-state index in [1.807, 2.05) is 30.3 Å². The zero-order valence-electron chi connectivity index (χ0n) is 9.10. The number of hydrogen-bond donors (Lipinski definition) is 0. The van der Waals surface area contributed by atoms with Gasteiger partial charge >= 0.3 is 5.97 Å². The van der Waals surface area contributed by atoms with Crippen molar-refractivity contribution in [2.45, 2.75) is 25.7 Å². The lowest BCUT2D eigenvalue weighted by Crippen LogP contribution is -2.08. The number of thioether (sulfide) groups is 1. The van der Waals surface area contributed by atoms with Gasteiger partial charge < -0.3 is 4.74 Å². The van der Waals surface area contributed by atoms with Crippen LogP contribution in [-0.2, 0) is 16.1 Å². The summed E-state index contributed by atoms with van der Waals surface area (Å²) >= 11 is 1.60. The molecule has 0 aromatic heterocycles. The van der Waals surface area contributed by atoms with Crippen molar-refractivity contribution in [1.29, 1.82) is 0 Å². The van der Waals surface area contributed by atoms with Crippen molar-refractivity contribution >= 4 is 17.7 Å². The summed E-state index contributed by atoms with van der Waals surface area (Å²) in [6, 6.07) is 9.71. The Morgan fingerprint density at radius 2 is 2.00 bits per heavy atom. The van der Waals surface area contributed by atoms with Crippen molar-refractivity contribution in [3.63, 3.8) is 0 Å². The van der Waals surface area contributed by atoms with Gasteiger partial charge in [0.2, 0.25) is 0 Å². The van der Waals surface area contributed by atoms with Gasteiger partial charge in [0.05, 0.1) is 5.75 Å². The molecule has 0 aliphatic heterocycles. The van der Waals surface area contributed by atoms with Crippen LogP contribution in [0.1, 0.15) is 19.4 Å². The van der Waals surface area contributed by atoms with Crippen LogP contribution in [0.3, 0.4) is 0 Å². The molecule has 0 aliphatic rings. The number of carbonyl (C=O) groups is 1. The van der Waals surface area contributed by atoms with Gasteiger partial charge in [-0.25, -0.2) is 0 Å². The van der Waals surface area contributed by atoms with Crippen molar-refractivity contribution < 1.29 is 9.53 Å². The molecule has 15 heavy (non-hydrogen) atoms. The van der Waals surface area contributed by atoms with E-state index in [-0.39, 0.29) is 5.97 Å². The lowest BCUT2D eigenvalue weighted by atomic mass is 10.2. The molecule has 1 rings (SSSR count). The molecule has 0 fully saturated rings. The molecule has 82 valence electrons. The number of ether oxygens (including phenoxy) is 1. The van der Waals surface area contributed by atoms with E-state index in [0.717, 1.165) is 5.56 Å². The molecule has 1 aromatic carbocycles. The Labute approximate surface area is 95.0 Å². The standard InChI is InChI=1S/C12H16O2S/c1-10(2)15-9-12(13)14-8-11-6-4-3-5-7-11/h3-7,10H,8-9H2,1-2H3. The quantitative estimate of drug-likeness (QED) is 0.719. The lowest BCUT2D eigenvalue weighted by molar-refractivity contribution is -0.141. The Morgan fingerprint density at radius 3 is 2.60 bits per heavy atom. The number of rotatable bonds is 5. The molecule has 0 aliphatic carbocycles. The average Bonchev–Trinajstić information content (AvgIpc) is 2.25. The normalized spacial score (nSPS) is 10.3. The van der Waals surface area contributed by atoms with Crippen LogP contribution in [0.4, 0.5) is 0 Å². The zero-order valence-corrected chi connectivity index (χ0v) is 9.92. The van der Waals surface area contributed by atoms with Crippen LogP contribution >= 0.6 is 11.8 Å². The number of benzene rings is 1. The topological polar surface area (TPSA) is 26.3 Å². The molecule has 0 bridgehead atoms. The third kappa shape index (κ3) is 5.47. The molecule has 2 nitrogen and oxygen atoms in total. The lowest BCUT2D eigenvalue weighted by Gasteiger charge is -2.06. The Hall–Kier alpha value is -0.960. The van der Waals surface area contributed by atoms with E-state index in [1.54, 1.807) is 11.8 Å². The Balaban J connectivity index is 2.23. The van der Waals surface area contributed by atoms with E-state index in [9.17, 15) is 4.79 Å². The van der Waals surface area contributed by atoms with Crippen LogP contribution in [0, 0.1) is 0 Å². The number of hydrogen-bond acceptors (Lipinski definition) is 3. The molecular weight excluding hydrogens is 208 g/mol. The summed E-state index contributed by atoms with van der Waals surface area (Å²) in [7, 11) is 0. The highest BCUT2D eigenvalue weighted by atomic mass is 32.2. The third-order valence-corrected chi connectivity index (χ3v) is 2.85. The highest BCUT2D eigenvalue weighted by Gasteiger charge is 2.04. The summed E-state index contributed by atoms with van der Waals surface area (Å²) in [5.74, 6) is 0.294. The van der Waals surface area contributed by atoms with Crippen molar-refractivity contribution in [1.82, 2.24) is 0 Å². The summed E-state index contributed by atoms with van der Waals surface area (Å²) in [4.78, 5) is 11.3. The van der Waals surface area contributed by atoms with Gasteiger partial charge in [-0.15, -0.1) is 11.8 Å². The predicted octanol–water partition coefficient (Wildman–Crippen LogP) is 2.87. The minimum Gasteiger partial charge on any atom is -0.460 e. The zero-order chi connectivity index (χ0) is 11.1. The second-order valence-corrected chi connectivity index (χ2v) is 5.07. The minimum absolute atomic E-state index is 0.141. The molecule has 0 atom stereocenters. The second kappa shape index (κ2) is 6.51. The first-order valence-electron chi connectivity index (χ1n) is 4.99. The van der Waals surface area contributed by atoms with Crippen LogP contribution in [0.5, 0.6) is 0 Å². The van der Waals surface area contributed by atoms with Crippen molar-refractivity contribution in [3.05, 3.63) is 35.9 Å². The Bertz CT molecular complexity index is 296. The Morgan fingerprint density at radius 1 is 1.33 bits per heavy atom. The van der Waals surface area contributed by atoms with Gasteiger partial charge in [0.1, 0.15) is 6.61 Å². The van der Waals surface area contributed by atoms with Gasteiger partial charge in [-0.2, -0.15) is 0 Å². The van der Waals surface area contributed by atoms with Crippen LogP contribution in [0.15, 0.2) is 30.3 Å². The molecule has 0 saturated heterocycles. The second-order valence-electron chi connectivity index (χ2n) is 3.51. The number of esters is 1. The minimum atomic E-state index is -0.141. The maximum Gasteiger partial charge on any atom is 0.316 e. The smallest absolute Gasteiger partial charge is 0.316 e. The van der Waals surface area contributed by atoms with E-state index in [4.69, 9.17) is 4.74 Å². The summed E-state index contributed by atoms with van der Waals surface area (Å²) in [5.41, 5.74) is 1.03. The van der Waals surface area contributed by atoms with Crippen LogP contribution in [0.25, 0.3) is 0 Å². The highest BCUT2D eigenvalue weighted by Crippen LogP contribution is 2.09. The van der Waals surface area contributed by atoms with Gasteiger partial charge in [0, 0.05) is 0 Å². The first-order valence-corrected chi connectivity index (χ1v) is 6.04. The van der Waals surface area contributed by atoms with Gasteiger partial charge in [-0.3, -0.25) is 4.79 Å². The van der Waals surface area contributed by atoms with Gasteiger partial charge in [0.15, 0.2) is 0 Å².